The van der Waals surface area contributed by atoms with Gasteiger partial charge in [-0.3, -0.25) is 9.13 Å². The summed E-state index contributed by atoms with van der Waals surface area (Å²) >= 11 is 0. The Kier molecular flexibility index (Phi) is 5.06. The first-order valence-corrected chi connectivity index (χ1v) is 11.3. The monoisotopic (exact) mass is 397 g/mol. The SMILES string of the molecule is O=C(NC1CCCCC1)N1CCC[C@H](n2c(=O)n(CC3CC3)c3cccnc32)C1. The van der Waals surface area contributed by atoms with Crippen LogP contribution in [0.5, 0.6) is 0 Å². The van der Waals surface area contributed by atoms with Gasteiger partial charge in [-0.05, 0) is 56.6 Å². The number of hydrogen-bond acceptors (Lipinski definition) is 3. The van der Waals surface area contributed by atoms with Crippen LogP contribution in [0.4, 0.5) is 4.79 Å². The van der Waals surface area contributed by atoms with Gasteiger partial charge in [0.15, 0.2) is 5.65 Å². The quantitative estimate of drug-likeness (QED) is 0.860. The molecule has 3 heterocycles. The van der Waals surface area contributed by atoms with Crippen molar-refractivity contribution in [1.82, 2.24) is 24.3 Å². The average Bonchev–Trinajstić information content (AvgIpc) is 3.53. The maximum absolute atomic E-state index is 13.3. The molecule has 5 rings (SSSR count). The van der Waals surface area contributed by atoms with Gasteiger partial charge < -0.3 is 10.2 Å². The van der Waals surface area contributed by atoms with Gasteiger partial charge in [0, 0.05) is 31.9 Å². The summed E-state index contributed by atoms with van der Waals surface area (Å²) < 4.78 is 3.76. The zero-order chi connectivity index (χ0) is 19.8. The minimum absolute atomic E-state index is 0.00814. The van der Waals surface area contributed by atoms with E-state index in [-0.39, 0.29) is 17.8 Å². The molecule has 3 fully saturated rings. The number of piperidine rings is 1. The maximum atomic E-state index is 13.3. The summed E-state index contributed by atoms with van der Waals surface area (Å²) in [5.41, 5.74) is 1.72. The molecule has 2 amide bonds. The van der Waals surface area contributed by atoms with Crippen LogP contribution in [0.1, 0.15) is 63.8 Å². The molecule has 7 nitrogen and oxygen atoms in total. The van der Waals surface area contributed by atoms with Gasteiger partial charge in [-0.15, -0.1) is 0 Å². The highest BCUT2D eigenvalue weighted by molar-refractivity contribution is 5.75. The van der Waals surface area contributed by atoms with Crippen molar-refractivity contribution in [2.24, 2.45) is 5.92 Å². The van der Waals surface area contributed by atoms with Crippen LogP contribution in [-0.4, -0.2) is 44.2 Å². The summed E-state index contributed by atoms with van der Waals surface area (Å²) in [7, 11) is 0. The molecule has 2 aromatic rings. The number of hydrogen-bond donors (Lipinski definition) is 1. The van der Waals surface area contributed by atoms with Crippen molar-refractivity contribution in [3.8, 4) is 0 Å². The molecule has 29 heavy (non-hydrogen) atoms. The van der Waals surface area contributed by atoms with Crippen LogP contribution in [0.15, 0.2) is 23.1 Å². The number of likely N-dealkylation sites (tertiary alicyclic amines) is 1. The topological polar surface area (TPSA) is 72.2 Å². The molecule has 0 aromatic carbocycles. The highest BCUT2D eigenvalue weighted by atomic mass is 16.2. The number of fused-ring (bicyclic) bond motifs is 1. The molecule has 1 N–H and O–H groups in total. The van der Waals surface area contributed by atoms with E-state index in [1.54, 1.807) is 6.20 Å². The lowest BCUT2D eigenvalue weighted by molar-refractivity contribution is 0.160. The zero-order valence-corrected chi connectivity index (χ0v) is 17.1. The molecule has 1 saturated heterocycles. The number of imidazole rings is 1. The first-order valence-electron chi connectivity index (χ1n) is 11.3. The Morgan fingerprint density at radius 1 is 1.10 bits per heavy atom. The molecule has 2 aromatic heterocycles. The Balaban J connectivity index is 1.37. The van der Waals surface area contributed by atoms with Gasteiger partial charge in [0.25, 0.3) is 0 Å². The average molecular weight is 398 g/mol. The van der Waals surface area contributed by atoms with E-state index in [1.165, 1.54) is 32.1 Å². The fourth-order valence-corrected chi connectivity index (χ4v) is 5.04. The predicted molar refractivity (Wildman–Crippen MR) is 112 cm³/mol. The van der Waals surface area contributed by atoms with Gasteiger partial charge in [-0.1, -0.05) is 19.3 Å². The number of carbonyl (C=O) groups excluding carboxylic acids is 1. The second-order valence-electron chi connectivity index (χ2n) is 9.08. The zero-order valence-electron chi connectivity index (χ0n) is 17.1. The van der Waals surface area contributed by atoms with Gasteiger partial charge in [-0.25, -0.2) is 14.6 Å². The standard InChI is InChI=1S/C22H31N5O2/c28-21(24-17-6-2-1-3-7-17)25-13-5-8-18(15-25)27-20-19(9-4-12-23-20)26(22(27)29)14-16-10-11-16/h4,9,12,16-18H,1-3,5-8,10-11,13-15H2,(H,24,28)/t18-/m0/s1. The molecule has 0 radical (unpaired) electrons. The third-order valence-corrected chi connectivity index (χ3v) is 6.84. The molecule has 156 valence electrons. The third-order valence-electron chi connectivity index (χ3n) is 6.84. The number of aromatic nitrogens is 3. The Morgan fingerprint density at radius 3 is 2.72 bits per heavy atom. The van der Waals surface area contributed by atoms with E-state index >= 15 is 0 Å². The Labute approximate surface area is 171 Å². The third kappa shape index (κ3) is 3.79. The van der Waals surface area contributed by atoms with Gasteiger partial charge in [0.05, 0.1) is 11.6 Å². The lowest BCUT2D eigenvalue weighted by atomic mass is 9.95. The molecule has 7 heteroatoms. The first-order chi connectivity index (χ1) is 14.2. The van der Waals surface area contributed by atoms with E-state index in [4.69, 9.17) is 0 Å². The number of pyridine rings is 1. The lowest BCUT2D eigenvalue weighted by Crippen LogP contribution is -2.50. The molecule has 2 aliphatic carbocycles. The smallest absolute Gasteiger partial charge is 0.330 e. The summed E-state index contributed by atoms with van der Waals surface area (Å²) in [4.78, 5) is 32.6. The van der Waals surface area contributed by atoms with Crippen LogP contribution in [0.25, 0.3) is 11.2 Å². The van der Waals surface area contributed by atoms with E-state index in [9.17, 15) is 9.59 Å². The van der Waals surface area contributed by atoms with E-state index in [1.807, 2.05) is 26.2 Å². The second kappa shape index (κ2) is 7.84. The second-order valence-corrected chi connectivity index (χ2v) is 9.08. The van der Waals surface area contributed by atoms with Crippen LogP contribution in [0.3, 0.4) is 0 Å². The normalized spacial score (nSPS) is 23.4. The largest absolute Gasteiger partial charge is 0.335 e. The van der Waals surface area contributed by atoms with Crippen molar-refractivity contribution in [3.05, 3.63) is 28.8 Å². The van der Waals surface area contributed by atoms with Crippen molar-refractivity contribution < 1.29 is 4.79 Å². The molecular weight excluding hydrogens is 366 g/mol. The molecule has 0 unspecified atom stereocenters. The molecule has 2 saturated carbocycles. The van der Waals surface area contributed by atoms with E-state index < -0.39 is 0 Å². The molecule has 0 spiro atoms. The number of urea groups is 1. The van der Waals surface area contributed by atoms with Gasteiger partial charge in [-0.2, -0.15) is 0 Å². The molecule has 1 atom stereocenters. The van der Waals surface area contributed by atoms with Crippen molar-refractivity contribution in [3.63, 3.8) is 0 Å². The summed E-state index contributed by atoms with van der Waals surface area (Å²) in [6.45, 7) is 2.13. The van der Waals surface area contributed by atoms with Gasteiger partial charge >= 0.3 is 11.7 Å². The number of carbonyl (C=O) groups is 1. The van der Waals surface area contributed by atoms with Crippen molar-refractivity contribution in [2.45, 2.75) is 76.4 Å². The number of nitrogens with zero attached hydrogens (tertiary/aromatic N) is 4. The number of rotatable bonds is 4. The Bertz CT molecular complexity index is 938. The minimum atomic E-state index is -0.00814. The van der Waals surface area contributed by atoms with Crippen LogP contribution < -0.4 is 11.0 Å². The number of nitrogens with one attached hydrogen (secondary N) is 1. The van der Waals surface area contributed by atoms with E-state index in [2.05, 4.69) is 10.3 Å². The van der Waals surface area contributed by atoms with Crippen LogP contribution in [0.2, 0.25) is 0 Å². The fourth-order valence-electron chi connectivity index (χ4n) is 5.04. The molecule has 0 bridgehead atoms. The highest BCUT2D eigenvalue weighted by Gasteiger charge is 2.31. The lowest BCUT2D eigenvalue weighted by Gasteiger charge is -2.34. The van der Waals surface area contributed by atoms with Crippen molar-refractivity contribution in [2.75, 3.05) is 13.1 Å². The highest BCUT2D eigenvalue weighted by Crippen LogP contribution is 2.32. The maximum Gasteiger partial charge on any atom is 0.330 e. The number of amides is 2. The molecule has 1 aliphatic heterocycles. The van der Waals surface area contributed by atoms with Gasteiger partial charge in [0.2, 0.25) is 0 Å². The van der Waals surface area contributed by atoms with Crippen molar-refractivity contribution in [1.29, 1.82) is 0 Å². The minimum Gasteiger partial charge on any atom is -0.335 e. The van der Waals surface area contributed by atoms with Crippen LogP contribution in [0, 0.1) is 5.92 Å². The fraction of sp³-hybridized carbons (Fsp3) is 0.682. The summed E-state index contributed by atoms with van der Waals surface area (Å²) in [6, 6.07) is 4.23. The summed E-state index contributed by atoms with van der Waals surface area (Å²) in [5.74, 6) is 0.621. The summed E-state index contributed by atoms with van der Waals surface area (Å²) in [5, 5.41) is 3.23. The van der Waals surface area contributed by atoms with Crippen LogP contribution in [-0.2, 0) is 6.54 Å². The molecular formula is C22H31N5O2. The first kappa shape index (κ1) is 18.7. The predicted octanol–water partition coefficient (Wildman–Crippen LogP) is 3.29. The molecule has 3 aliphatic rings. The summed E-state index contributed by atoms with van der Waals surface area (Å²) in [6.07, 6.45) is 11.8. The van der Waals surface area contributed by atoms with E-state index in [0.717, 1.165) is 49.9 Å². The van der Waals surface area contributed by atoms with Crippen LogP contribution >= 0.6 is 0 Å². The Hall–Kier alpha value is -2.31. The Morgan fingerprint density at radius 2 is 1.93 bits per heavy atom. The van der Waals surface area contributed by atoms with E-state index in [0.29, 0.717) is 18.5 Å². The van der Waals surface area contributed by atoms with Crippen molar-refractivity contribution >= 4 is 17.2 Å². The van der Waals surface area contributed by atoms with Gasteiger partial charge in [0.1, 0.15) is 0 Å².